The van der Waals surface area contributed by atoms with Crippen molar-refractivity contribution in [1.82, 2.24) is 14.7 Å². The zero-order valence-corrected chi connectivity index (χ0v) is 12.7. The second-order valence-electron chi connectivity index (χ2n) is 5.45. The number of carbonyl (C=O) groups is 2. The Hall–Kier alpha value is -2.11. The van der Waals surface area contributed by atoms with Gasteiger partial charge in [0, 0.05) is 37.0 Å². The summed E-state index contributed by atoms with van der Waals surface area (Å²) < 4.78 is 1.78. The summed E-state index contributed by atoms with van der Waals surface area (Å²) in [6.07, 6.45) is 5.21. The number of hydrogen-bond donors (Lipinski definition) is 1. The standard InChI is InChI=1S/C15H21N3O3/c1-10-13(11(2)17(3)16-10)6-7-14(19)18(12-4-5-12)9-8-15(20)21/h6-7,12H,4-5,8-9H2,1-3H3,(H,20,21)/b7-6+. The van der Waals surface area contributed by atoms with Crippen LogP contribution < -0.4 is 0 Å². The van der Waals surface area contributed by atoms with E-state index in [-0.39, 0.29) is 24.9 Å². The van der Waals surface area contributed by atoms with Crippen LogP contribution in [0.3, 0.4) is 0 Å². The summed E-state index contributed by atoms with van der Waals surface area (Å²) in [6.45, 7) is 4.13. The second-order valence-corrected chi connectivity index (χ2v) is 5.45. The highest BCUT2D eigenvalue weighted by Crippen LogP contribution is 2.27. The van der Waals surface area contributed by atoms with E-state index in [1.165, 1.54) is 6.08 Å². The van der Waals surface area contributed by atoms with Gasteiger partial charge in [-0.3, -0.25) is 14.3 Å². The molecule has 0 saturated heterocycles. The minimum atomic E-state index is -0.878. The summed E-state index contributed by atoms with van der Waals surface area (Å²) in [4.78, 5) is 24.6. The number of nitrogens with zero attached hydrogens (tertiary/aromatic N) is 3. The van der Waals surface area contributed by atoms with Gasteiger partial charge in [-0.05, 0) is 32.8 Å². The topological polar surface area (TPSA) is 75.4 Å². The molecule has 0 unspecified atom stereocenters. The van der Waals surface area contributed by atoms with Crippen LogP contribution in [0.2, 0.25) is 0 Å². The van der Waals surface area contributed by atoms with Gasteiger partial charge in [0.2, 0.25) is 5.91 Å². The van der Waals surface area contributed by atoms with Crippen molar-refractivity contribution in [2.24, 2.45) is 7.05 Å². The minimum absolute atomic E-state index is 0.0129. The van der Waals surface area contributed by atoms with Crippen molar-refractivity contribution in [2.75, 3.05) is 6.54 Å². The molecule has 1 amide bonds. The monoisotopic (exact) mass is 291 g/mol. The predicted molar refractivity (Wildman–Crippen MR) is 78.7 cm³/mol. The van der Waals surface area contributed by atoms with Crippen molar-refractivity contribution in [3.05, 3.63) is 23.0 Å². The van der Waals surface area contributed by atoms with Gasteiger partial charge in [0.15, 0.2) is 0 Å². The third-order valence-electron chi connectivity index (χ3n) is 3.79. The number of carbonyl (C=O) groups excluding carboxylic acids is 1. The van der Waals surface area contributed by atoms with Gasteiger partial charge >= 0.3 is 5.97 Å². The maximum Gasteiger partial charge on any atom is 0.305 e. The zero-order chi connectivity index (χ0) is 15.6. The number of aromatic nitrogens is 2. The molecule has 0 spiro atoms. The molecule has 1 aliphatic rings. The Kier molecular flexibility index (Phi) is 4.45. The summed E-state index contributed by atoms with van der Waals surface area (Å²) in [5.41, 5.74) is 2.82. The Bertz CT molecular complexity index is 585. The fourth-order valence-corrected chi connectivity index (χ4v) is 2.36. The van der Waals surface area contributed by atoms with Gasteiger partial charge < -0.3 is 10.0 Å². The molecule has 0 atom stereocenters. The maximum atomic E-state index is 12.3. The van der Waals surface area contributed by atoms with Gasteiger partial charge in [-0.2, -0.15) is 5.10 Å². The molecule has 0 aliphatic heterocycles. The Morgan fingerprint density at radius 3 is 2.57 bits per heavy atom. The third kappa shape index (κ3) is 3.71. The van der Waals surface area contributed by atoms with Crippen molar-refractivity contribution in [2.45, 2.75) is 39.2 Å². The quantitative estimate of drug-likeness (QED) is 0.806. The molecular weight excluding hydrogens is 270 g/mol. The molecule has 1 heterocycles. The van der Waals surface area contributed by atoms with Gasteiger partial charge in [-0.15, -0.1) is 0 Å². The van der Waals surface area contributed by atoms with Crippen LogP contribution in [-0.4, -0.2) is 44.3 Å². The SMILES string of the molecule is Cc1nn(C)c(C)c1/C=C/C(=O)N(CCC(=O)O)C1CC1. The summed E-state index contributed by atoms with van der Waals surface area (Å²) in [7, 11) is 1.87. The Morgan fingerprint density at radius 1 is 1.43 bits per heavy atom. The Labute approximate surface area is 124 Å². The zero-order valence-electron chi connectivity index (χ0n) is 12.7. The van der Waals surface area contributed by atoms with Crippen molar-refractivity contribution in [3.8, 4) is 0 Å². The summed E-state index contributed by atoms with van der Waals surface area (Å²) >= 11 is 0. The number of aliphatic carboxylic acids is 1. The third-order valence-corrected chi connectivity index (χ3v) is 3.79. The van der Waals surface area contributed by atoms with Gasteiger partial charge in [0.1, 0.15) is 0 Å². The van der Waals surface area contributed by atoms with Crippen molar-refractivity contribution >= 4 is 18.0 Å². The molecule has 114 valence electrons. The molecule has 1 aromatic heterocycles. The van der Waals surface area contributed by atoms with E-state index in [4.69, 9.17) is 5.11 Å². The second kappa shape index (κ2) is 6.11. The molecule has 1 saturated carbocycles. The van der Waals surface area contributed by atoms with Crippen LogP contribution in [0.15, 0.2) is 6.08 Å². The van der Waals surface area contributed by atoms with Gasteiger partial charge in [0.05, 0.1) is 12.1 Å². The van der Waals surface area contributed by atoms with Crippen LogP contribution in [0, 0.1) is 13.8 Å². The molecule has 0 bridgehead atoms. The highest BCUT2D eigenvalue weighted by atomic mass is 16.4. The van der Waals surface area contributed by atoms with Crippen LogP contribution in [0.5, 0.6) is 0 Å². The van der Waals surface area contributed by atoms with Crippen LogP contribution in [0.25, 0.3) is 6.08 Å². The number of carboxylic acid groups (broad SMARTS) is 1. The van der Waals surface area contributed by atoms with E-state index in [9.17, 15) is 9.59 Å². The first-order valence-corrected chi connectivity index (χ1v) is 7.11. The van der Waals surface area contributed by atoms with Crippen LogP contribution in [0.4, 0.5) is 0 Å². The van der Waals surface area contributed by atoms with Crippen LogP contribution in [-0.2, 0) is 16.6 Å². The molecule has 1 aliphatic carbocycles. The highest BCUT2D eigenvalue weighted by molar-refractivity contribution is 5.92. The fraction of sp³-hybridized carbons (Fsp3) is 0.533. The lowest BCUT2D eigenvalue weighted by Crippen LogP contribution is -2.33. The lowest BCUT2D eigenvalue weighted by molar-refractivity contribution is -0.138. The van der Waals surface area contributed by atoms with Crippen molar-refractivity contribution in [3.63, 3.8) is 0 Å². The first-order chi connectivity index (χ1) is 9.90. The molecule has 2 rings (SSSR count). The molecule has 6 nitrogen and oxygen atoms in total. The first kappa shape index (κ1) is 15.3. The Balaban J connectivity index is 2.07. The average molecular weight is 291 g/mol. The van der Waals surface area contributed by atoms with Crippen LogP contribution in [0.1, 0.15) is 36.2 Å². The highest BCUT2D eigenvalue weighted by Gasteiger charge is 2.31. The van der Waals surface area contributed by atoms with E-state index in [2.05, 4.69) is 5.10 Å². The van der Waals surface area contributed by atoms with E-state index in [0.29, 0.717) is 0 Å². The lowest BCUT2D eigenvalue weighted by Gasteiger charge is -2.19. The fourth-order valence-electron chi connectivity index (χ4n) is 2.36. The molecule has 1 N–H and O–H groups in total. The van der Waals surface area contributed by atoms with E-state index >= 15 is 0 Å². The normalized spacial score (nSPS) is 14.6. The Morgan fingerprint density at radius 2 is 2.10 bits per heavy atom. The molecule has 0 aromatic carbocycles. The predicted octanol–water partition coefficient (Wildman–Crippen LogP) is 1.52. The lowest BCUT2D eigenvalue weighted by atomic mass is 10.2. The maximum absolute atomic E-state index is 12.3. The number of aryl methyl sites for hydroxylation is 2. The average Bonchev–Trinajstić information content (AvgIpc) is 3.19. The van der Waals surface area contributed by atoms with Crippen molar-refractivity contribution in [1.29, 1.82) is 0 Å². The largest absolute Gasteiger partial charge is 0.481 e. The van der Waals surface area contributed by atoms with E-state index < -0.39 is 5.97 Å². The summed E-state index contributed by atoms with van der Waals surface area (Å²) in [5, 5.41) is 13.1. The van der Waals surface area contributed by atoms with Crippen LogP contribution >= 0.6 is 0 Å². The molecule has 1 fully saturated rings. The molecular formula is C15H21N3O3. The van der Waals surface area contributed by atoms with Crippen molar-refractivity contribution < 1.29 is 14.7 Å². The van der Waals surface area contributed by atoms with E-state index in [0.717, 1.165) is 29.8 Å². The van der Waals surface area contributed by atoms with Gasteiger partial charge in [-0.25, -0.2) is 0 Å². The molecule has 0 radical (unpaired) electrons. The van der Waals surface area contributed by atoms with Gasteiger partial charge in [-0.1, -0.05) is 0 Å². The molecule has 6 heteroatoms. The smallest absolute Gasteiger partial charge is 0.305 e. The van der Waals surface area contributed by atoms with E-state index in [1.54, 1.807) is 15.7 Å². The number of amides is 1. The van der Waals surface area contributed by atoms with E-state index in [1.807, 2.05) is 20.9 Å². The number of carboxylic acids is 1. The number of hydrogen-bond acceptors (Lipinski definition) is 3. The number of rotatable bonds is 6. The summed E-state index contributed by atoms with van der Waals surface area (Å²) in [5.74, 6) is -1.00. The molecule has 21 heavy (non-hydrogen) atoms. The molecule has 1 aromatic rings. The first-order valence-electron chi connectivity index (χ1n) is 7.11. The summed E-state index contributed by atoms with van der Waals surface area (Å²) in [6, 6.07) is 0.206. The van der Waals surface area contributed by atoms with Gasteiger partial charge in [0.25, 0.3) is 0 Å². The minimum Gasteiger partial charge on any atom is -0.481 e.